The third-order valence-electron chi connectivity index (χ3n) is 4.93. The van der Waals surface area contributed by atoms with Crippen LogP contribution in [0, 0.1) is 5.82 Å². The van der Waals surface area contributed by atoms with Crippen molar-refractivity contribution in [2.75, 3.05) is 6.61 Å². The van der Waals surface area contributed by atoms with E-state index in [1.165, 1.54) is 23.1 Å². The smallest absolute Gasteiger partial charge is 0.261 e. The number of carbonyl (C=O) groups is 2. The molecule has 0 saturated heterocycles. The number of carbonyl (C=O) groups excluding carboxylic acids is 2. The number of para-hydroxylation sites is 1. The van der Waals surface area contributed by atoms with Gasteiger partial charge in [0.05, 0.1) is 0 Å². The van der Waals surface area contributed by atoms with Gasteiger partial charge in [-0.3, -0.25) is 9.59 Å². The largest absolute Gasteiger partial charge is 0.481 e. The third kappa shape index (κ3) is 7.11. The topological polar surface area (TPSA) is 58.6 Å². The van der Waals surface area contributed by atoms with Crippen molar-refractivity contribution in [2.45, 2.75) is 52.2 Å². The average Bonchev–Trinajstić information content (AvgIpc) is 2.74. The van der Waals surface area contributed by atoms with Gasteiger partial charge >= 0.3 is 0 Å². The molecule has 31 heavy (non-hydrogen) atoms. The van der Waals surface area contributed by atoms with E-state index in [-0.39, 0.29) is 24.2 Å². The van der Waals surface area contributed by atoms with Crippen molar-refractivity contribution < 1.29 is 18.7 Å². The van der Waals surface area contributed by atoms with Crippen molar-refractivity contribution in [3.63, 3.8) is 0 Å². The normalized spacial score (nSPS) is 12.7. The van der Waals surface area contributed by atoms with E-state index in [2.05, 4.69) is 5.32 Å². The highest BCUT2D eigenvalue weighted by Gasteiger charge is 2.30. The van der Waals surface area contributed by atoms with Crippen LogP contribution in [0.3, 0.4) is 0 Å². The van der Waals surface area contributed by atoms with Gasteiger partial charge in [-0.2, -0.15) is 0 Å². The van der Waals surface area contributed by atoms with E-state index < -0.39 is 24.4 Å². The highest BCUT2D eigenvalue weighted by Crippen LogP contribution is 2.24. The van der Waals surface area contributed by atoms with Gasteiger partial charge in [-0.05, 0) is 49.6 Å². The Bertz CT molecular complexity index is 910. The van der Waals surface area contributed by atoms with Crippen LogP contribution >= 0.6 is 23.2 Å². The quantitative estimate of drug-likeness (QED) is 0.518. The number of halogens is 3. The molecule has 0 bridgehead atoms. The number of rotatable bonds is 10. The van der Waals surface area contributed by atoms with Crippen LogP contribution in [0.4, 0.5) is 4.39 Å². The van der Waals surface area contributed by atoms with Crippen LogP contribution in [-0.4, -0.2) is 35.4 Å². The number of amides is 2. The minimum atomic E-state index is -0.738. The van der Waals surface area contributed by atoms with E-state index in [9.17, 15) is 14.0 Å². The molecule has 2 atom stereocenters. The lowest BCUT2D eigenvalue weighted by Gasteiger charge is -2.31. The van der Waals surface area contributed by atoms with Crippen LogP contribution in [0.1, 0.15) is 39.2 Å². The van der Waals surface area contributed by atoms with Gasteiger partial charge in [-0.15, -0.1) is 0 Å². The fraction of sp³-hybridized carbons (Fsp3) is 0.391. The van der Waals surface area contributed by atoms with Crippen LogP contribution in [0.25, 0.3) is 0 Å². The van der Waals surface area contributed by atoms with E-state index in [0.29, 0.717) is 22.0 Å². The van der Waals surface area contributed by atoms with E-state index in [1.807, 2.05) is 20.8 Å². The highest BCUT2D eigenvalue weighted by molar-refractivity contribution is 6.35. The zero-order chi connectivity index (χ0) is 23.0. The Kier molecular flexibility index (Phi) is 9.59. The molecule has 0 aliphatic heterocycles. The first-order valence-electron chi connectivity index (χ1n) is 10.2. The number of hydrogen-bond donors (Lipinski definition) is 1. The Labute approximate surface area is 192 Å². The highest BCUT2D eigenvalue weighted by atomic mass is 35.5. The van der Waals surface area contributed by atoms with Crippen molar-refractivity contribution in [1.29, 1.82) is 0 Å². The van der Waals surface area contributed by atoms with Crippen LogP contribution in [0.15, 0.2) is 42.5 Å². The van der Waals surface area contributed by atoms with Crippen molar-refractivity contribution in [1.82, 2.24) is 10.2 Å². The summed E-state index contributed by atoms with van der Waals surface area (Å²) in [5, 5.41) is 3.78. The fourth-order valence-corrected chi connectivity index (χ4v) is 3.45. The zero-order valence-electron chi connectivity index (χ0n) is 17.8. The van der Waals surface area contributed by atoms with Gasteiger partial charge < -0.3 is 15.0 Å². The number of ether oxygens (including phenoxy) is 1. The number of hydrogen-bond acceptors (Lipinski definition) is 3. The van der Waals surface area contributed by atoms with Crippen molar-refractivity contribution >= 4 is 35.0 Å². The summed E-state index contributed by atoms with van der Waals surface area (Å²) in [7, 11) is 0. The minimum Gasteiger partial charge on any atom is -0.481 e. The molecule has 0 fully saturated rings. The minimum absolute atomic E-state index is 0.0302. The molecule has 168 valence electrons. The molecule has 2 amide bonds. The van der Waals surface area contributed by atoms with Crippen LogP contribution < -0.4 is 10.1 Å². The van der Waals surface area contributed by atoms with Crippen molar-refractivity contribution in [3.8, 4) is 5.75 Å². The van der Waals surface area contributed by atoms with Gasteiger partial charge in [0.1, 0.15) is 6.04 Å². The predicted octanol–water partition coefficient (Wildman–Crippen LogP) is 5.23. The molecule has 0 spiro atoms. The van der Waals surface area contributed by atoms with Gasteiger partial charge in [0.2, 0.25) is 5.91 Å². The SMILES string of the molecule is CC[C@@H](C)NC(=O)[C@H](CC)N(Cc1ccc(Cl)cc1Cl)C(=O)COc1ccccc1F. The predicted molar refractivity (Wildman–Crippen MR) is 121 cm³/mol. The first-order valence-corrected chi connectivity index (χ1v) is 10.9. The molecule has 2 rings (SSSR count). The Morgan fingerprint density at radius 2 is 1.84 bits per heavy atom. The second-order valence-corrected chi connectivity index (χ2v) is 8.06. The Hall–Kier alpha value is -2.31. The molecule has 0 aliphatic rings. The van der Waals surface area contributed by atoms with Gasteiger partial charge in [-0.25, -0.2) is 4.39 Å². The zero-order valence-corrected chi connectivity index (χ0v) is 19.3. The summed E-state index contributed by atoms with van der Waals surface area (Å²) in [6, 6.07) is 10.0. The van der Waals surface area contributed by atoms with Crippen LogP contribution in [-0.2, 0) is 16.1 Å². The first kappa shape index (κ1) is 25.0. The molecule has 0 aromatic heterocycles. The summed E-state index contributed by atoms with van der Waals surface area (Å²) in [4.78, 5) is 27.4. The Morgan fingerprint density at radius 3 is 2.45 bits per heavy atom. The lowest BCUT2D eigenvalue weighted by Crippen LogP contribution is -2.51. The van der Waals surface area contributed by atoms with E-state index >= 15 is 0 Å². The maximum Gasteiger partial charge on any atom is 0.261 e. The van der Waals surface area contributed by atoms with Gasteiger partial charge in [-0.1, -0.05) is 55.2 Å². The molecule has 0 heterocycles. The molecule has 8 heteroatoms. The molecule has 0 unspecified atom stereocenters. The summed E-state index contributed by atoms with van der Waals surface area (Å²) in [5.74, 6) is -1.32. The summed E-state index contributed by atoms with van der Waals surface area (Å²) in [6.45, 7) is 5.35. The fourth-order valence-electron chi connectivity index (χ4n) is 2.98. The maximum atomic E-state index is 13.9. The first-order chi connectivity index (χ1) is 14.8. The number of benzene rings is 2. The summed E-state index contributed by atoms with van der Waals surface area (Å²) in [5.41, 5.74) is 0.639. The van der Waals surface area contributed by atoms with Gasteiger partial charge in [0, 0.05) is 22.6 Å². The second kappa shape index (κ2) is 11.9. The lowest BCUT2D eigenvalue weighted by molar-refractivity contribution is -0.143. The third-order valence-corrected chi connectivity index (χ3v) is 5.52. The molecule has 5 nitrogen and oxygen atoms in total. The summed E-state index contributed by atoms with van der Waals surface area (Å²) < 4.78 is 19.3. The number of nitrogens with zero attached hydrogens (tertiary/aromatic N) is 1. The molecular weight excluding hydrogens is 442 g/mol. The number of nitrogens with one attached hydrogen (secondary N) is 1. The molecule has 0 radical (unpaired) electrons. The van der Waals surface area contributed by atoms with Gasteiger partial charge in [0.25, 0.3) is 5.91 Å². The molecular formula is C23H27Cl2FN2O3. The summed E-state index contributed by atoms with van der Waals surface area (Å²) >= 11 is 12.3. The Morgan fingerprint density at radius 1 is 1.13 bits per heavy atom. The molecule has 0 aliphatic carbocycles. The molecule has 2 aromatic carbocycles. The molecule has 0 saturated carbocycles. The van der Waals surface area contributed by atoms with Crippen molar-refractivity contribution in [3.05, 3.63) is 63.9 Å². The van der Waals surface area contributed by atoms with Crippen molar-refractivity contribution in [2.24, 2.45) is 0 Å². The standard InChI is InChI=1S/C23H27Cl2FN2O3/c1-4-15(3)27-23(30)20(5-2)28(13-16-10-11-17(24)12-18(16)25)22(29)14-31-21-9-7-6-8-19(21)26/h6-12,15,20H,4-5,13-14H2,1-3H3,(H,27,30)/t15-,20+/m1/s1. The van der Waals surface area contributed by atoms with E-state index in [1.54, 1.807) is 24.3 Å². The molecule has 1 N–H and O–H groups in total. The van der Waals surface area contributed by atoms with Crippen LogP contribution in [0.5, 0.6) is 5.75 Å². The monoisotopic (exact) mass is 468 g/mol. The van der Waals surface area contributed by atoms with Crippen LogP contribution in [0.2, 0.25) is 10.0 Å². The average molecular weight is 469 g/mol. The second-order valence-electron chi connectivity index (χ2n) is 7.22. The lowest BCUT2D eigenvalue weighted by atomic mass is 10.1. The van der Waals surface area contributed by atoms with Gasteiger partial charge in [0.15, 0.2) is 18.2 Å². The maximum absolute atomic E-state index is 13.9. The van der Waals surface area contributed by atoms with E-state index in [4.69, 9.17) is 27.9 Å². The Balaban J connectivity index is 2.27. The summed E-state index contributed by atoms with van der Waals surface area (Å²) in [6.07, 6.45) is 1.15. The molecule has 2 aromatic rings. The van der Waals surface area contributed by atoms with E-state index in [0.717, 1.165) is 6.42 Å².